The summed E-state index contributed by atoms with van der Waals surface area (Å²) in [7, 11) is 0. The smallest absolute Gasteiger partial charge is 0.263 e. The lowest BCUT2D eigenvalue weighted by atomic mass is 9.98. The van der Waals surface area contributed by atoms with Crippen LogP contribution in [0.2, 0.25) is 0 Å². The number of piperidine rings is 1. The molecule has 1 heterocycles. The molecular formula is C42H55ClN2O4. The summed E-state index contributed by atoms with van der Waals surface area (Å²) in [5, 5.41) is 3.04. The molecule has 49 heavy (non-hydrogen) atoms. The predicted molar refractivity (Wildman–Crippen MR) is 203 cm³/mol. The van der Waals surface area contributed by atoms with Crippen LogP contribution >= 0.6 is 11.6 Å². The number of unbranched alkanes of at least 4 members (excludes halogenated alkanes) is 1. The molecule has 0 spiro atoms. The predicted octanol–water partition coefficient (Wildman–Crippen LogP) is 9.55. The zero-order valence-corrected chi connectivity index (χ0v) is 30.4. The van der Waals surface area contributed by atoms with Crippen molar-refractivity contribution < 1.29 is 19.1 Å². The fourth-order valence-corrected chi connectivity index (χ4v) is 5.64. The molecule has 1 N–H and O–H groups in total. The van der Waals surface area contributed by atoms with Crippen molar-refractivity contribution in [3.8, 4) is 5.75 Å². The van der Waals surface area contributed by atoms with E-state index in [4.69, 9.17) is 16.3 Å². The molecule has 1 fully saturated rings. The van der Waals surface area contributed by atoms with Gasteiger partial charge in [-0.3, -0.25) is 14.4 Å². The second kappa shape index (κ2) is 21.9. The van der Waals surface area contributed by atoms with Crippen molar-refractivity contribution in [2.45, 2.75) is 108 Å². The van der Waals surface area contributed by atoms with E-state index >= 15 is 0 Å². The number of carbonyl (C=O) groups excluding carboxylic acids is 3. The highest BCUT2D eigenvalue weighted by Crippen LogP contribution is 2.23. The Bertz CT molecular complexity index is 1410. The van der Waals surface area contributed by atoms with Gasteiger partial charge in [0.15, 0.2) is 11.4 Å². The molecule has 2 amide bonds. The summed E-state index contributed by atoms with van der Waals surface area (Å²) < 4.78 is 6.03. The molecule has 6 nitrogen and oxygen atoms in total. The highest BCUT2D eigenvalue weighted by Gasteiger charge is 2.33. The maximum atomic E-state index is 13.1. The minimum absolute atomic E-state index is 0.00914. The first-order chi connectivity index (χ1) is 23.7. The lowest BCUT2D eigenvalue weighted by Gasteiger charge is -2.34. The van der Waals surface area contributed by atoms with Crippen LogP contribution in [0.4, 0.5) is 0 Å². The number of rotatable bonds is 19. The summed E-state index contributed by atoms with van der Waals surface area (Å²) in [6.07, 6.45) is 36.6. The molecule has 0 radical (unpaired) electrons. The normalized spacial score (nSPS) is 17.6. The van der Waals surface area contributed by atoms with Crippen molar-refractivity contribution in [3.63, 3.8) is 0 Å². The summed E-state index contributed by atoms with van der Waals surface area (Å²) in [6, 6.07) is 6.84. The number of nitrogens with zero attached hydrogens (tertiary/aromatic N) is 1. The van der Waals surface area contributed by atoms with Gasteiger partial charge in [0.05, 0.1) is 5.38 Å². The number of amides is 2. The largest absolute Gasteiger partial charge is 0.478 e. The van der Waals surface area contributed by atoms with E-state index < -0.39 is 5.60 Å². The third-order valence-corrected chi connectivity index (χ3v) is 8.77. The van der Waals surface area contributed by atoms with Crippen molar-refractivity contribution in [3.05, 3.63) is 114 Å². The quantitative estimate of drug-likeness (QED) is 0.0681. The molecule has 1 aromatic carbocycles. The second-order valence-corrected chi connectivity index (χ2v) is 13.5. The Morgan fingerprint density at radius 3 is 2.00 bits per heavy atom. The standard InChI is InChI=1S/C42H55ClN2O4/c1-4-5-6-7-8-9-10-11-12-13-14-15-16-17-18-19-20-21-39(46)45-32-30-37(31-33-45)44-41(48)42(2,3)49-38-28-24-35(25-29-38)40(47)34-22-26-36(43)27-23-34/h5-6,8-9,11-12,14-15,17-18,22-26,28-29,36-37H,4,7,10,13,16,19-21,27,30-33H2,1-3H3,(H,44,48)/b6-5-,9-8-,12-11-,15-14-,18-17-. The Labute approximate surface area is 299 Å². The first-order valence-electron chi connectivity index (χ1n) is 17.9. The lowest BCUT2D eigenvalue weighted by Crippen LogP contribution is -2.53. The van der Waals surface area contributed by atoms with Gasteiger partial charge in [-0.15, -0.1) is 11.6 Å². The Balaban J connectivity index is 1.27. The van der Waals surface area contributed by atoms with Crippen LogP contribution in [0.5, 0.6) is 5.75 Å². The van der Waals surface area contributed by atoms with Crippen LogP contribution in [0.25, 0.3) is 0 Å². The van der Waals surface area contributed by atoms with Gasteiger partial charge in [0.25, 0.3) is 5.91 Å². The summed E-state index contributed by atoms with van der Waals surface area (Å²) in [5.74, 6) is 0.415. The topological polar surface area (TPSA) is 75.7 Å². The number of Topliss-reactive ketones (excluding diaryl/α,β-unsaturated/α-hetero) is 1. The minimum Gasteiger partial charge on any atom is -0.478 e. The summed E-state index contributed by atoms with van der Waals surface area (Å²) in [4.78, 5) is 40.6. The van der Waals surface area contributed by atoms with E-state index in [1.54, 1.807) is 44.2 Å². The first kappa shape index (κ1) is 39.5. The monoisotopic (exact) mass is 686 g/mol. The number of hydrogen-bond donors (Lipinski definition) is 1. The second-order valence-electron chi connectivity index (χ2n) is 13.0. The number of ketones is 1. The van der Waals surface area contributed by atoms with E-state index in [0.717, 1.165) is 44.9 Å². The van der Waals surface area contributed by atoms with Gasteiger partial charge in [-0.1, -0.05) is 85.9 Å². The maximum absolute atomic E-state index is 13.1. The number of alkyl halides is 1. The molecule has 264 valence electrons. The van der Waals surface area contributed by atoms with Gasteiger partial charge >= 0.3 is 0 Å². The molecule has 1 atom stereocenters. The van der Waals surface area contributed by atoms with Crippen LogP contribution < -0.4 is 10.1 Å². The molecule has 0 bridgehead atoms. The Morgan fingerprint density at radius 1 is 0.878 bits per heavy atom. The van der Waals surface area contributed by atoms with Crippen molar-refractivity contribution in [1.82, 2.24) is 10.2 Å². The van der Waals surface area contributed by atoms with Crippen LogP contribution in [0.1, 0.15) is 102 Å². The highest BCUT2D eigenvalue weighted by molar-refractivity contribution is 6.22. The molecule has 2 aliphatic rings. The maximum Gasteiger partial charge on any atom is 0.263 e. The van der Waals surface area contributed by atoms with Gasteiger partial charge in [-0.2, -0.15) is 0 Å². The third kappa shape index (κ3) is 15.0. The van der Waals surface area contributed by atoms with Crippen LogP contribution in [-0.2, 0) is 9.59 Å². The average molecular weight is 687 g/mol. The van der Waals surface area contributed by atoms with Crippen molar-refractivity contribution in [1.29, 1.82) is 0 Å². The van der Waals surface area contributed by atoms with Gasteiger partial charge in [-0.25, -0.2) is 0 Å². The van der Waals surface area contributed by atoms with Crippen LogP contribution in [0, 0.1) is 0 Å². The van der Waals surface area contributed by atoms with Crippen LogP contribution in [0.3, 0.4) is 0 Å². The zero-order chi connectivity index (χ0) is 35.3. The molecule has 1 aliphatic carbocycles. The molecule has 1 aliphatic heterocycles. The first-order valence-corrected chi connectivity index (χ1v) is 18.3. The number of ether oxygens (including phenoxy) is 1. The van der Waals surface area contributed by atoms with E-state index in [1.807, 2.05) is 17.1 Å². The van der Waals surface area contributed by atoms with Crippen molar-refractivity contribution >= 4 is 29.2 Å². The number of allylic oxidation sites excluding steroid dienone is 14. The SMILES string of the molecule is CC/C=C\C/C=C\C/C=C\C/C=C\C/C=C\CCCC(=O)N1CCC(NC(=O)C(C)(C)Oc2ccc(C(=O)C3=CCC(Cl)C=C3)cc2)CC1. The number of likely N-dealkylation sites (tertiary alicyclic amines) is 1. The molecule has 7 heteroatoms. The molecule has 1 saturated heterocycles. The zero-order valence-electron chi connectivity index (χ0n) is 29.6. The van der Waals surface area contributed by atoms with E-state index in [1.165, 1.54) is 0 Å². The molecule has 1 aromatic rings. The number of nitrogens with one attached hydrogen (secondary N) is 1. The van der Waals surface area contributed by atoms with Gasteiger partial charge in [0.1, 0.15) is 5.75 Å². The molecule has 1 unspecified atom stereocenters. The number of benzene rings is 1. The number of halogens is 1. The molecular weight excluding hydrogens is 632 g/mol. The van der Waals surface area contributed by atoms with Gasteiger partial charge in [0, 0.05) is 36.7 Å². The number of hydrogen-bond acceptors (Lipinski definition) is 4. The van der Waals surface area contributed by atoms with Crippen molar-refractivity contribution in [2.75, 3.05) is 13.1 Å². The Kier molecular flexibility index (Phi) is 17.7. The van der Waals surface area contributed by atoms with Gasteiger partial charge < -0.3 is 15.0 Å². The van der Waals surface area contributed by atoms with E-state index in [9.17, 15) is 14.4 Å². The number of carbonyl (C=O) groups is 3. The third-order valence-electron chi connectivity index (χ3n) is 8.45. The van der Waals surface area contributed by atoms with Crippen LogP contribution in [0.15, 0.2) is 109 Å². The minimum atomic E-state index is -1.11. The summed E-state index contributed by atoms with van der Waals surface area (Å²) in [6.45, 7) is 6.89. The van der Waals surface area contributed by atoms with Gasteiger partial charge in [-0.05, 0) is 102 Å². The fraction of sp³-hybridized carbons (Fsp3) is 0.452. The Hall–Kier alpha value is -3.90. The summed E-state index contributed by atoms with van der Waals surface area (Å²) >= 11 is 6.07. The van der Waals surface area contributed by atoms with Crippen LogP contribution in [-0.4, -0.2) is 52.6 Å². The van der Waals surface area contributed by atoms with E-state index in [2.05, 4.69) is 73.0 Å². The van der Waals surface area contributed by atoms with E-state index in [-0.39, 0.29) is 29.0 Å². The van der Waals surface area contributed by atoms with Gasteiger partial charge in [0.2, 0.25) is 5.91 Å². The molecule has 3 rings (SSSR count). The Morgan fingerprint density at radius 2 is 1.45 bits per heavy atom. The van der Waals surface area contributed by atoms with E-state index in [0.29, 0.717) is 55.7 Å². The summed E-state index contributed by atoms with van der Waals surface area (Å²) in [5.41, 5.74) is 0.0692. The fourth-order valence-electron chi connectivity index (χ4n) is 5.47. The molecule has 0 aromatic heterocycles. The lowest BCUT2D eigenvalue weighted by molar-refractivity contribution is -0.136. The highest BCUT2D eigenvalue weighted by atomic mass is 35.5. The van der Waals surface area contributed by atoms with Crippen molar-refractivity contribution in [2.24, 2.45) is 0 Å². The molecule has 0 saturated carbocycles. The average Bonchev–Trinajstić information content (AvgIpc) is 3.10.